The molecule has 0 bridgehead atoms. The number of benzene rings is 1. The Bertz CT molecular complexity index is 658. The van der Waals surface area contributed by atoms with E-state index in [9.17, 15) is 17.6 Å². The van der Waals surface area contributed by atoms with E-state index in [1.54, 1.807) is 0 Å². The molecule has 0 saturated heterocycles. The third-order valence-electron chi connectivity index (χ3n) is 3.61. The summed E-state index contributed by atoms with van der Waals surface area (Å²) in [4.78, 5) is 10.5. The number of halogens is 2. The number of sulfonamides is 1. The highest BCUT2D eigenvalue weighted by Gasteiger charge is 2.23. The van der Waals surface area contributed by atoms with Crippen LogP contribution in [0.1, 0.15) is 36.0 Å². The molecule has 0 aromatic heterocycles. The zero-order valence-electron chi connectivity index (χ0n) is 11.1. The first kappa shape index (κ1) is 16.2. The van der Waals surface area contributed by atoms with Gasteiger partial charge >= 0.3 is 5.97 Å². The second-order valence-corrected chi connectivity index (χ2v) is 7.20. The minimum absolute atomic E-state index is 0.250. The van der Waals surface area contributed by atoms with Crippen molar-refractivity contribution in [3.63, 3.8) is 0 Å². The zero-order chi connectivity index (χ0) is 15.6. The van der Waals surface area contributed by atoms with E-state index in [0.29, 0.717) is 5.92 Å². The number of nitrogens with one attached hydrogen (secondary N) is 1. The van der Waals surface area contributed by atoms with Gasteiger partial charge in [0.2, 0.25) is 10.0 Å². The van der Waals surface area contributed by atoms with Gasteiger partial charge in [0.25, 0.3) is 0 Å². The standard InChI is InChI=1S/C13H15ClFNO4S/c14-12-10(13(17)18)6-9(7-11(12)15)21(19,20)16-5-4-8-2-1-3-8/h6-8,16H,1-5H2,(H,17,18). The average molecular weight is 336 g/mol. The topological polar surface area (TPSA) is 83.5 Å². The molecule has 0 radical (unpaired) electrons. The van der Waals surface area contributed by atoms with Crippen LogP contribution >= 0.6 is 11.6 Å². The number of carbonyl (C=O) groups is 1. The molecule has 116 valence electrons. The zero-order valence-corrected chi connectivity index (χ0v) is 12.7. The molecule has 2 rings (SSSR count). The highest BCUT2D eigenvalue weighted by Crippen LogP contribution is 2.29. The molecule has 0 amide bonds. The molecule has 1 aromatic rings. The van der Waals surface area contributed by atoms with Crippen LogP contribution in [-0.2, 0) is 10.0 Å². The number of carboxylic acids is 1. The van der Waals surface area contributed by atoms with Crippen LogP contribution in [0, 0.1) is 11.7 Å². The Balaban J connectivity index is 2.16. The van der Waals surface area contributed by atoms with Crippen molar-refractivity contribution in [1.82, 2.24) is 4.72 Å². The van der Waals surface area contributed by atoms with E-state index in [2.05, 4.69) is 4.72 Å². The molecule has 1 aromatic carbocycles. The van der Waals surface area contributed by atoms with Crippen molar-refractivity contribution in [2.24, 2.45) is 5.92 Å². The van der Waals surface area contributed by atoms with E-state index < -0.39 is 37.3 Å². The molecule has 2 N–H and O–H groups in total. The highest BCUT2D eigenvalue weighted by molar-refractivity contribution is 7.89. The molecule has 1 saturated carbocycles. The predicted molar refractivity (Wildman–Crippen MR) is 75.5 cm³/mol. The van der Waals surface area contributed by atoms with Gasteiger partial charge in [-0.15, -0.1) is 0 Å². The maximum atomic E-state index is 13.6. The summed E-state index contributed by atoms with van der Waals surface area (Å²) in [6.45, 7) is 0.250. The monoisotopic (exact) mass is 335 g/mol. The van der Waals surface area contributed by atoms with E-state index in [1.165, 1.54) is 6.42 Å². The molecule has 1 fully saturated rings. The van der Waals surface area contributed by atoms with Crippen molar-refractivity contribution in [3.8, 4) is 0 Å². The van der Waals surface area contributed by atoms with Gasteiger partial charge in [-0.3, -0.25) is 0 Å². The smallest absolute Gasteiger partial charge is 0.337 e. The van der Waals surface area contributed by atoms with Crippen molar-refractivity contribution < 1.29 is 22.7 Å². The molecule has 21 heavy (non-hydrogen) atoms. The minimum Gasteiger partial charge on any atom is -0.478 e. The van der Waals surface area contributed by atoms with Crippen LogP contribution in [0.5, 0.6) is 0 Å². The Labute approximate surface area is 127 Å². The molecule has 5 nitrogen and oxygen atoms in total. The van der Waals surface area contributed by atoms with Crippen LogP contribution in [0.25, 0.3) is 0 Å². The van der Waals surface area contributed by atoms with Crippen LogP contribution in [-0.4, -0.2) is 26.0 Å². The molecule has 1 aliphatic carbocycles. The van der Waals surface area contributed by atoms with Crippen molar-refractivity contribution in [2.75, 3.05) is 6.54 Å². The lowest BCUT2D eigenvalue weighted by Gasteiger charge is -2.25. The summed E-state index contributed by atoms with van der Waals surface area (Å²) in [5.41, 5.74) is -0.573. The summed E-state index contributed by atoms with van der Waals surface area (Å²) < 4.78 is 40.0. The average Bonchev–Trinajstić information content (AvgIpc) is 2.35. The molecular weight excluding hydrogens is 321 g/mol. The van der Waals surface area contributed by atoms with Gasteiger partial charge in [0, 0.05) is 6.54 Å². The number of hydrogen-bond acceptors (Lipinski definition) is 3. The second kappa shape index (κ2) is 6.29. The molecule has 8 heteroatoms. The van der Waals surface area contributed by atoms with Crippen LogP contribution in [0.2, 0.25) is 5.02 Å². The molecular formula is C13H15ClFNO4S. The van der Waals surface area contributed by atoms with Crippen LogP contribution in [0.15, 0.2) is 17.0 Å². The fraction of sp³-hybridized carbons (Fsp3) is 0.462. The Morgan fingerprint density at radius 3 is 2.62 bits per heavy atom. The van der Waals surface area contributed by atoms with Gasteiger partial charge in [0.05, 0.1) is 15.5 Å². The van der Waals surface area contributed by atoms with Gasteiger partial charge in [0.1, 0.15) is 5.82 Å². The van der Waals surface area contributed by atoms with Gasteiger partial charge < -0.3 is 5.11 Å². The van der Waals surface area contributed by atoms with Crippen LogP contribution in [0.4, 0.5) is 4.39 Å². The minimum atomic E-state index is -3.95. The second-order valence-electron chi connectivity index (χ2n) is 5.06. The maximum absolute atomic E-state index is 13.6. The first-order valence-electron chi connectivity index (χ1n) is 6.53. The summed E-state index contributed by atoms with van der Waals surface area (Å²) >= 11 is 5.51. The number of aromatic carboxylic acids is 1. The largest absolute Gasteiger partial charge is 0.478 e. The summed E-state index contributed by atoms with van der Waals surface area (Å²) in [5.74, 6) is -2.02. The van der Waals surface area contributed by atoms with E-state index in [-0.39, 0.29) is 6.54 Å². The summed E-state index contributed by atoms with van der Waals surface area (Å²) in [6, 6.07) is 1.58. The molecule has 0 atom stereocenters. The number of carboxylic acid groups (broad SMARTS) is 1. The fourth-order valence-electron chi connectivity index (χ4n) is 2.14. The number of rotatable bonds is 6. The lowest BCUT2D eigenvalue weighted by atomic mass is 9.83. The lowest BCUT2D eigenvalue weighted by molar-refractivity contribution is 0.0696. The Morgan fingerprint density at radius 2 is 2.10 bits per heavy atom. The van der Waals surface area contributed by atoms with Crippen molar-refractivity contribution in [3.05, 3.63) is 28.5 Å². The predicted octanol–water partition coefficient (Wildman–Crippen LogP) is 2.65. The third kappa shape index (κ3) is 3.72. The molecule has 0 heterocycles. The Morgan fingerprint density at radius 1 is 1.43 bits per heavy atom. The maximum Gasteiger partial charge on any atom is 0.337 e. The molecule has 0 aliphatic heterocycles. The van der Waals surface area contributed by atoms with Gasteiger partial charge in [-0.2, -0.15) is 0 Å². The Hall–Kier alpha value is -1.18. The summed E-state index contributed by atoms with van der Waals surface area (Å²) in [5, 5.41) is 8.30. The highest BCUT2D eigenvalue weighted by atomic mass is 35.5. The first-order chi connectivity index (χ1) is 9.81. The van der Waals surface area contributed by atoms with E-state index in [0.717, 1.165) is 31.4 Å². The van der Waals surface area contributed by atoms with E-state index in [1.807, 2.05) is 0 Å². The third-order valence-corrected chi connectivity index (χ3v) is 5.44. The normalized spacial score (nSPS) is 15.7. The Kier molecular flexibility index (Phi) is 4.85. The molecule has 1 aliphatic rings. The van der Waals surface area contributed by atoms with Gasteiger partial charge in [-0.05, 0) is 24.5 Å². The SMILES string of the molecule is O=C(O)c1cc(S(=O)(=O)NCCC2CCC2)cc(F)c1Cl. The van der Waals surface area contributed by atoms with Gasteiger partial charge in [-0.25, -0.2) is 22.3 Å². The number of hydrogen-bond donors (Lipinski definition) is 2. The van der Waals surface area contributed by atoms with Gasteiger partial charge in [-0.1, -0.05) is 30.9 Å². The molecule has 0 unspecified atom stereocenters. The fourth-order valence-corrected chi connectivity index (χ4v) is 3.41. The van der Waals surface area contributed by atoms with E-state index >= 15 is 0 Å². The quantitative estimate of drug-likeness (QED) is 0.837. The van der Waals surface area contributed by atoms with E-state index in [4.69, 9.17) is 16.7 Å². The van der Waals surface area contributed by atoms with Crippen molar-refractivity contribution in [1.29, 1.82) is 0 Å². The summed E-state index contributed by atoms with van der Waals surface area (Å²) in [7, 11) is -3.95. The van der Waals surface area contributed by atoms with Crippen molar-refractivity contribution in [2.45, 2.75) is 30.6 Å². The first-order valence-corrected chi connectivity index (χ1v) is 8.39. The molecule has 0 spiro atoms. The van der Waals surface area contributed by atoms with Crippen LogP contribution < -0.4 is 4.72 Å². The lowest BCUT2D eigenvalue weighted by Crippen LogP contribution is -2.28. The van der Waals surface area contributed by atoms with Crippen molar-refractivity contribution >= 4 is 27.6 Å². The summed E-state index contributed by atoms with van der Waals surface area (Å²) in [6.07, 6.45) is 4.09. The van der Waals surface area contributed by atoms with Gasteiger partial charge in [0.15, 0.2) is 0 Å². The van der Waals surface area contributed by atoms with Crippen LogP contribution in [0.3, 0.4) is 0 Å².